The minimum atomic E-state index is -0.772. The van der Waals surface area contributed by atoms with Gasteiger partial charge in [-0.2, -0.15) is 0 Å². The number of aliphatic carboxylic acids is 1. The molecule has 7 heteroatoms. The summed E-state index contributed by atoms with van der Waals surface area (Å²) < 4.78 is 0. The number of carboxylic acid groups (broad SMARTS) is 1. The van der Waals surface area contributed by atoms with E-state index >= 15 is 0 Å². The number of urea groups is 1. The summed E-state index contributed by atoms with van der Waals surface area (Å²) in [7, 11) is 1.58. The maximum absolute atomic E-state index is 11.7. The minimum Gasteiger partial charge on any atom is -0.481 e. The zero-order chi connectivity index (χ0) is 16.1. The largest absolute Gasteiger partial charge is 0.481 e. The van der Waals surface area contributed by atoms with Gasteiger partial charge in [-0.05, 0) is 19.3 Å². The van der Waals surface area contributed by atoms with Gasteiger partial charge in [0.15, 0.2) is 0 Å². The van der Waals surface area contributed by atoms with Crippen LogP contribution >= 0.6 is 0 Å². The average molecular weight is 301 g/mol. The molecule has 3 N–H and O–H groups in total. The van der Waals surface area contributed by atoms with Crippen molar-refractivity contribution in [3.63, 3.8) is 0 Å². The first-order chi connectivity index (χ1) is 9.97. The van der Waals surface area contributed by atoms with E-state index < -0.39 is 5.97 Å². The Morgan fingerprint density at radius 3 is 2.29 bits per heavy atom. The molecule has 0 saturated heterocycles. The molecule has 0 atom stereocenters. The zero-order valence-corrected chi connectivity index (χ0v) is 13.0. The van der Waals surface area contributed by atoms with Crippen LogP contribution in [0.3, 0.4) is 0 Å². The third kappa shape index (κ3) is 11.7. The molecule has 0 unspecified atom stereocenters. The van der Waals surface area contributed by atoms with Crippen molar-refractivity contribution in [2.24, 2.45) is 0 Å². The number of rotatable bonds is 11. The van der Waals surface area contributed by atoms with Gasteiger partial charge in [0, 0.05) is 26.6 Å². The Kier molecular flexibility index (Phi) is 11.0. The highest BCUT2D eigenvalue weighted by Gasteiger charge is 2.11. The molecule has 0 heterocycles. The quantitative estimate of drug-likeness (QED) is 0.499. The predicted molar refractivity (Wildman–Crippen MR) is 80.1 cm³/mol. The summed E-state index contributed by atoms with van der Waals surface area (Å²) in [5.74, 6) is -0.936. The second kappa shape index (κ2) is 12.0. The molecular weight excluding hydrogens is 274 g/mol. The van der Waals surface area contributed by atoms with Gasteiger partial charge in [-0.3, -0.25) is 9.59 Å². The lowest BCUT2D eigenvalue weighted by Gasteiger charge is -2.17. The molecule has 0 aromatic carbocycles. The number of nitrogens with zero attached hydrogens (tertiary/aromatic N) is 1. The summed E-state index contributed by atoms with van der Waals surface area (Å²) in [4.78, 5) is 34.8. The van der Waals surface area contributed by atoms with Gasteiger partial charge < -0.3 is 20.6 Å². The topological polar surface area (TPSA) is 98.7 Å². The lowest BCUT2D eigenvalue weighted by Crippen LogP contribution is -2.43. The predicted octanol–water partition coefficient (Wildman–Crippen LogP) is 1.19. The maximum Gasteiger partial charge on any atom is 0.317 e. The molecule has 0 spiro atoms. The SMILES string of the molecule is CCCNC(=O)CN(C)C(=O)NCCCCCCC(=O)O. The van der Waals surface area contributed by atoms with E-state index in [-0.39, 0.29) is 24.9 Å². The highest BCUT2D eigenvalue weighted by atomic mass is 16.4. The fourth-order valence-electron chi connectivity index (χ4n) is 1.69. The first kappa shape index (κ1) is 19.2. The first-order valence-electron chi connectivity index (χ1n) is 7.44. The van der Waals surface area contributed by atoms with Crippen LogP contribution in [-0.2, 0) is 9.59 Å². The van der Waals surface area contributed by atoms with E-state index in [0.29, 0.717) is 19.5 Å². The lowest BCUT2D eigenvalue weighted by atomic mass is 10.1. The monoisotopic (exact) mass is 301 g/mol. The van der Waals surface area contributed by atoms with Gasteiger partial charge >= 0.3 is 12.0 Å². The summed E-state index contributed by atoms with van der Waals surface area (Å²) in [6.45, 7) is 3.16. The fraction of sp³-hybridized carbons (Fsp3) is 0.786. The number of nitrogens with one attached hydrogen (secondary N) is 2. The Morgan fingerprint density at radius 2 is 1.67 bits per heavy atom. The summed E-state index contributed by atoms with van der Waals surface area (Å²) >= 11 is 0. The second-order valence-corrected chi connectivity index (χ2v) is 5.00. The highest BCUT2D eigenvalue weighted by molar-refractivity contribution is 5.83. The zero-order valence-electron chi connectivity index (χ0n) is 13.0. The fourth-order valence-corrected chi connectivity index (χ4v) is 1.69. The molecule has 122 valence electrons. The van der Waals surface area contributed by atoms with Crippen LogP contribution in [0.5, 0.6) is 0 Å². The Hall–Kier alpha value is -1.79. The van der Waals surface area contributed by atoms with Gasteiger partial charge in [0.1, 0.15) is 6.54 Å². The van der Waals surface area contributed by atoms with Crippen LogP contribution in [0.4, 0.5) is 4.79 Å². The smallest absolute Gasteiger partial charge is 0.317 e. The van der Waals surface area contributed by atoms with Crippen LogP contribution in [0.2, 0.25) is 0 Å². The number of hydrogen-bond donors (Lipinski definition) is 3. The summed E-state index contributed by atoms with van der Waals surface area (Å²) in [6.07, 6.45) is 4.26. The van der Waals surface area contributed by atoms with Crippen molar-refractivity contribution < 1.29 is 19.5 Å². The number of likely N-dealkylation sites (N-methyl/N-ethyl adjacent to an activating group) is 1. The van der Waals surface area contributed by atoms with Crippen molar-refractivity contribution in [1.29, 1.82) is 0 Å². The van der Waals surface area contributed by atoms with Crippen LogP contribution in [-0.4, -0.2) is 54.6 Å². The number of hydrogen-bond acceptors (Lipinski definition) is 3. The van der Waals surface area contributed by atoms with Gasteiger partial charge in [0.25, 0.3) is 0 Å². The molecule has 0 bridgehead atoms. The lowest BCUT2D eigenvalue weighted by molar-refractivity contribution is -0.137. The molecule has 3 amide bonds. The molecule has 0 fully saturated rings. The van der Waals surface area contributed by atoms with Crippen LogP contribution in [0.1, 0.15) is 45.4 Å². The Bertz CT molecular complexity index is 334. The number of carboxylic acids is 1. The molecule has 0 aromatic heterocycles. The van der Waals surface area contributed by atoms with Gasteiger partial charge in [0.2, 0.25) is 5.91 Å². The van der Waals surface area contributed by atoms with E-state index in [1.165, 1.54) is 4.90 Å². The van der Waals surface area contributed by atoms with Gasteiger partial charge in [-0.15, -0.1) is 0 Å². The summed E-state index contributed by atoms with van der Waals surface area (Å²) in [5.41, 5.74) is 0. The number of amides is 3. The van der Waals surface area contributed by atoms with Crippen molar-refractivity contribution in [1.82, 2.24) is 15.5 Å². The van der Waals surface area contributed by atoms with Crippen LogP contribution in [0.15, 0.2) is 0 Å². The summed E-state index contributed by atoms with van der Waals surface area (Å²) in [6, 6.07) is -0.271. The molecule has 0 saturated carbocycles. The van der Waals surface area contributed by atoms with Crippen molar-refractivity contribution in [3.05, 3.63) is 0 Å². The number of unbranched alkanes of at least 4 members (excludes halogenated alkanes) is 3. The van der Waals surface area contributed by atoms with E-state index in [1.807, 2.05) is 6.92 Å². The molecule has 0 aliphatic rings. The average Bonchev–Trinajstić information content (AvgIpc) is 2.43. The molecule has 0 rings (SSSR count). The van der Waals surface area contributed by atoms with Crippen LogP contribution in [0, 0.1) is 0 Å². The molecule has 7 nitrogen and oxygen atoms in total. The highest BCUT2D eigenvalue weighted by Crippen LogP contribution is 2.02. The molecule has 0 radical (unpaired) electrons. The van der Waals surface area contributed by atoms with E-state index in [4.69, 9.17) is 5.11 Å². The van der Waals surface area contributed by atoms with Crippen LogP contribution in [0.25, 0.3) is 0 Å². The second-order valence-electron chi connectivity index (χ2n) is 5.00. The van der Waals surface area contributed by atoms with E-state index in [1.54, 1.807) is 7.05 Å². The van der Waals surface area contributed by atoms with E-state index in [0.717, 1.165) is 25.7 Å². The third-order valence-corrected chi connectivity index (χ3v) is 2.89. The maximum atomic E-state index is 11.7. The van der Waals surface area contributed by atoms with Gasteiger partial charge in [0.05, 0.1) is 0 Å². The van der Waals surface area contributed by atoms with E-state index in [9.17, 15) is 14.4 Å². The van der Waals surface area contributed by atoms with Crippen LogP contribution < -0.4 is 10.6 Å². The number of carbonyl (C=O) groups is 3. The molecule has 0 aromatic rings. The molecular formula is C14H27N3O4. The van der Waals surface area contributed by atoms with Gasteiger partial charge in [-0.1, -0.05) is 19.8 Å². The normalized spacial score (nSPS) is 10.0. The Balaban J connectivity index is 3.59. The van der Waals surface area contributed by atoms with E-state index in [2.05, 4.69) is 10.6 Å². The molecule has 0 aliphatic heterocycles. The number of carbonyl (C=O) groups excluding carboxylic acids is 2. The standard InChI is InChI=1S/C14H27N3O4/c1-3-9-15-12(18)11-17(2)14(21)16-10-7-5-4-6-8-13(19)20/h3-11H2,1-2H3,(H,15,18)(H,16,21)(H,19,20). The first-order valence-corrected chi connectivity index (χ1v) is 7.44. The molecule has 21 heavy (non-hydrogen) atoms. The van der Waals surface area contributed by atoms with Crippen molar-refractivity contribution >= 4 is 17.9 Å². The van der Waals surface area contributed by atoms with Gasteiger partial charge in [-0.25, -0.2) is 4.79 Å². The van der Waals surface area contributed by atoms with Crippen molar-refractivity contribution in [3.8, 4) is 0 Å². The van der Waals surface area contributed by atoms with Crippen molar-refractivity contribution in [2.45, 2.75) is 45.4 Å². The minimum absolute atomic E-state index is 0.0461. The third-order valence-electron chi connectivity index (χ3n) is 2.89. The molecule has 0 aliphatic carbocycles. The Morgan fingerprint density at radius 1 is 1.00 bits per heavy atom. The summed E-state index contributed by atoms with van der Waals surface area (Å²) in [5, 5.41) is 13.9. The van der Waals surface area contributed by atoms with Crippen molar-refractivity contribution in [2.75, 3.05) is 26.7 Å². The Labute approximate surface area is 126 Å².